The Labute approximate surface area is 130 Å². The highest BCUT2D eigenvalue weighted by atomic mass is 32.2. The summed E-state index contributed by atoms with van der Waals surface area (Å²) >= 11 is 0. The molecule has 0 unspecified atom stereocenters. The first-order valence-corrected chi connectivity index (χ1v) is 8.91. The summed E-state index contributed by atoms with van der Waals surface area (Å²) in [6.07, 6.45) is 6.20. The fourth-order valence-corrected chi connectivity index (χ4v) is 3.93. The lowest BCUT2D eigenvalue weighted by Crippen LogP contribution is -2.40. The normalized spacial score (nSPS) is 22.6. The van der Waals surface area contributed by atoms with Gasteiger partial charge < -0.3 is 5.73 Å². The number of benzene rings is 1. The van der Waals surface area contributed by atoms with Crippen LogP contribution in [0.5, 0.6) is 0 Å². The zero-order valence-corrected chi connectivity index (χ0v) is 13.0. The second-order valence-corrected chi connectivity index (χ2v) is 7.40. The first-order chi connectivity index (χ1) is 10.5. The summed E-state index contributed by atoms with van der Waals surface area (Å²) in [5.74, 6) is 0. The maximum atomic E-state index is 12.4. The molecule has 0 aliphatic heterocycles. The molecule has 1 aliphatic carbocycles. The van der Waals surface area contributed by atoms with E-state index >= 15 is 0 Å². The smallest absolute Gasteiger partial charge is 0.243 e. The Kier molecular flexibility index (Phi) is 4.28. The van der Waals surface area contributed by atoms with Crippen LogP contribution in [-0.4, -0.2) is 30.3 Å². The average Bonchev–Trinajstić information content (AvgIpc) is 3.01. The molecule has 1 aromatic carbocycles. The van der Waals surface area contributed by atoms with Gasteiger partial charge in [-0.25, -0.2) is 17.8 Å². The first kappa shape index (κ1) is 15.2. The Morgan fingerprint density at radius 2 is 1.82 bits per heavy atom. The van der Waals surface area contributed by atoms with Gasteiger partial charge in [0, 0.05) is 12.1 Å². The summed E-state index contributed by atoms with van der Waals surface area (Å²) in [7, 11) is -3.54. The topological polar surface area (TPSA) is 90.0 Å². The van der Waals surface area contributed by atoms with E-state index in [9.17, 15) is 8.42 Å². The summed E-state index contributed by atoms with van der Waals surface area (Å²) in [6, 6.07) is 9.58. The molecule has 0 saturated heterocycles. The molecule has 0 spiro atoms. The van der Waals surface area contributed by atoms with Gasteiger partial charge in [-0.3, -0.25) is 0 Å². The number of para-hydroxylation sites is 1. The second kappa shape index (κ2) is 6.20. The highest BCUT2D eigenvalue weighted by molar-refractivity contribution is 7.89. The molecule has 0 radical (unpaired) electrons. The predicted octanol–water partition coefficient (Wildman–Crippen LogP) is 1.42. The van der Waals surface area contributed by atoms with Crippen molar-refractivity contribution in [3.05, 3.63) is 42.7 Å². The van der Waals surface area contributed by atoms with E-state index in [0.29, 0.717) is 0 Å². The van der Waals surface area contributed by atoms with Gasteiger partial charge in [0.15, 0.2) is 0 Å². The fourth-order valence-electron chi connectivity index (χ4n) is 2.69. The summed E-state index contributed by atoms with van der Waals surface area (Å²) in [5, 5.41) is 4.14. The van der Waals surface area contributed by atoms with Crippen LogP contribution in [0.2, 0.25) is 0 Å². The second-order valence-electron chi connectivity index (χ2n) is 5.69. The van der Waals surface area contributed by atoms with Crippen LogP contribution in [-0.2, 0) is 10.0 Å². The Morgan fingerprint density at radius 3 is 2.50 bits per heavy atom. The van der Waals surface area contributed by atoms with Gasteiger partial charge in [-0.15, -0.1) is 0 Å². The third-order valence-electron chi connectivity index (χ3n) is 3.98. The van der Waals surface area contributed by atoms with E-state index in [4.69, 9.17) is 5.73 Å². The van der Waals surface area contributed by atoms with Crippen molar-refractivity contribution in [2.24, 2.45) is 5.73 Å². The number of aromatic nitrogens is 2. The molecule has 0 atom stereocenters. The number of hydrogen-bond donors (Lipinski definition) is 2. The number of nitrogens with two attached hydrogens (primary N) is 1. The van der Waals surface area contributed by atoms with Crippen molar-refractivity contribution in [1.29, 1.82) is 0 Å². The van der Waals surface area contributed by atoms with E-state index in [1.54, 1.807) is 4.68 Å². The van der Waals surface area contributed by atoms with E-state index < -0.39 is 10.0 Å². The zero-order chi connectivity index (χ0) is 15.6. The highest BCUT2D eigenvalue weighted by Crippen LogP contribution is 2.20. The Morgan fingerprint density at radius 1 is 1.14 bits per heavy atom. The molecule has 1 aromatic heterocycles. The van der Waals surface area contributed by atoms with Gasteiger partial charge in [0.2, 0.25) is 10.0 Å². The van der Waals surface area contributed by atoms with Crippen LogP contribution in [0.4, 0.5) is 0 Å². The molecule has 0 amide bonds. The van der Waals surface area contributed by atoms with E-state index in [1.807, 2.05) is 30.3 Å². The molecule has 1 aliphatic rings. The minimum Gasteiger partial charge on any atom is -0.328 e. The van der Waals surface area contributed by atoms with Crippen LogP contribution in [0.15, 0.2) is 47.6 Å². The van der Waals surface area contributed by atoms with Crippen molar-refractivity contribution in [3.8, 4) is 5.69 Å². The Bertz CT molecular complexity index is 719. The van der Waals surface area contributed by atoms with Crippen molar-refractivity contribution < 1.29 is 8.42 Å². The van der Waals surface area contributed by atoms with Gasteiger partial charge in [-0.2, -0.15) is 5.10 Å². The predicted molar refractivity (Wildman–Crippen MR) is 84.1 cm³/mol. The first-order valence-electron chi connectivity index (χ1n) is 7.42. The van der Waals surface area contributed by atoms with Crippen LogP contribution >= 0.6 is 0 Å². The van der Waals surface area contributed by atoms with Gasteiger partial charge in [-0.05, 0) is 37.8 Å². The largest absolute Gasteiger partial charge is 0.328 e. The molecule has 1 fully saturated rings. The molecule has 118 valence electrons. The summed E-state index contributed by atoms with van der Waals surface area (Å²) < 4.78 is 29.2. The van der Waals surface area contributed by atoms with Gasteiger partial charge in [0.1, 0.15) is 4.90 Å². The Balaban J connectivity index is 1.74. The maximum absolute atomic E-state index is 12.4. The lowest BCUT2D eigenvalue weighted by molar-refractivity contribution is 0.373. The van der Waals surface area contributed by atoms with Gasteiger partial charge in [-0.1, -0.05) is 18.2 Å². The van der Waals surface area contributed by atoms with Crippen LogP contribution in [0.1, 0.15) is 25.7 Å². The van der Waals surface area contributed by atoms with Gasteiger partial charge >= 0.3 is 0 Å². The van der Waals surface area contributed by atoms with Crippen molar-refractivity contribution in [3.63, 3.8) is 0 Å². The standard InChI is InChI=1S/C15H20N4O2S/c16-12-6-8-13(9-7-12)18-22(20,21)15-10-17-19(11-15)14-4-2-1-3-5-14/h1-5,10-13,18H,6-9,16H2. The van der Waals surface area contributed by atoms with Crippen molar-refractivity contribution in [2.75, 3.05) is 0 Å². The third kappa shape index (κ3) is 3.37. The minimum absolute atomic E-state index is 0.0372. The van der Waals surface area contributed by atoms with Crippen molar-refractivity contribution in [2.45, 2.75) is 42.7 Å². The van der Waals surface area contributed by atoms with Crippen LogP contribution in [0, 0.1) is 0 Å². The lowest BCUT2D eigenvalue weighted by atomic mass is 9.93. The molecule has 2 aromatic rings. The van der Waals surface area contributed by atoms with E-state index in [0.717, 1.165) is 31.4 Å². The molecule has 1 heterocycles. The van der Waals surface area contributed by atoms with E-state index in [1.165, 1.54) is 12.4 Å². The monoisotopic (exact) mass is 320 g/mol. The lowest BCUT2D eigenvalue weighted by Gasteiger charge is -2.26. The molecule has 22 heavy (non-hydrogen) atoms. The number of hydrogen-bond acceptors (Lipinski definition) is 4. The number of nitrogens with zero attached hydrogens (tertiary/aromatic N) is 2. The molecular formula is C15H20N4O2S. The molecule has 3 N–H and O–H groups in total. The molecule has 7 heteroatoms. The summed E-state index contributed by atoms with van der Waals surface area (Å²) in [6.45, 7) is 0. The molecule has 3 rings (SSSR count). The number of sulfonamides is 1. The summed E-state index contributed by atoms with van der Waals surface area (Å²) in [5.41, 5.74) is 6.68. The van der Waals surface area contributed by atoms with Crippen LogP contribution < -0.4 is 10.5 Å². The van der Waals surface area contributed by atoms with E-state index in [-0.39, 0.29) is 17.0 Å². The number of rotatable bonds is 4. The van der Waals surface area contributed by atoms with Crippen molar-refractivity contribution in [1.82, 2.24) is 14.5 Å². The molecular weight excluding hydrogens is 300 g/mol. The Hall–Kier alpha value is -1.70. The summed E-state index contributed by atoms with van der Waals surface area (Å²) in [4.78, 5) is 0.186. The zero-order valence-electron chi connectivity index (χ0n) is 12.2. The number of nitrogens with one attached hydrogen (secondary N) is 1. The quantitative estimate of drug-likeness (QED) is 0.891. The maximum Gasteiger partial charge on any atom is 0.243 e. The van der Waals surface area contributed by atoms with Gasteiger partial charge in [0.25, 0.3) is 0 Å². The van der Waals surface area contributed by atoms with E-state index in [2.05, 4.69) is 9.82 Å². The molecule has 6 nitrogen and oxygen atoms in total. The third-order valence-corrected chi connectivity index (χ3v) is 5.46. The minimum atomic E-state index is -3.54. The van der Waals surface area contributed by atoms with Crippen molar-refractivity contribution >= 4 is 10.0 Å². The SMILES string of the molecule is NC1CCC(NS(=O)(=O)c2cnn(-c3ccccc3)c2)CC1. The van der Waals surface area contributed by atoms with Crippen LogP contribution in [0.3, 0.4) is 0 Å². The fraction of sp³-hybridized carbons (Fsp3) is 0.400. The average molecular weight is 320 g/mol. The van der Waals surface area contributed by atoms with Crippen LogP contribution in [0.25, 0.3) is 5.69 Å². The molecule has 1 saturated carbocycles. The van der Waals surface area contributed by atoms with Gasteiger partial charge in [0.05, 0.1) is 18.1 Å². The highest BCUT2D eigenvalue weighted by Gasteiger charge is 2.25. The molecule has 0 bridgehead atoms.